The first-order chi connectivity index (χ1) is 7.81. The molecule has 5 nitrogen and oxygen atoms in total. The van der Waals surface area contributed by atoms with Crippen molar-refractivity contribution in [2.24, 2.45) is 7.05 Å². The molecule has 0 amide bonds. The van der Waals surface area contributed by atoms with E-state index in [1.165, 1.54) is 0 Å². The smallest absolute Gasteiger partial charge is 0.0950 e. The molecule has 0 unspecified atom stereocenters. The zero-order chi connectivity index (χ0) is 11.4. The fourth-order valence-corrected chi connectivity index (χ4v) is 1.72. The van der Waals surface area contributed by atoms with Gasteiger partial charge in [-0.2, -0.15) is 5.10 Å². The molecule has 0 aliphatic carbocycles. The van der Waals surface area contributed by atoms with E-state index in [1.54, 1.807) is 4.68 Å². The van der Waals surface area contributed by atoms with Gasteiger partial charge in [-0.1, -0.05) is 0 Å². The van der Waals surface area contributed by atoms with Crippen LogP contribution in [0.1, 0.15) is 6.42 Å². The summed E-state index contributed by atoms with van der Waals surface area (Å²) in [5.41, 5.74) is 2.24. The van der Waals surface area contributed by atoms with Gasteiger partial charge in [0.1, 0.15) is 0 Å². The van der Waals surface area contributed by atoms with Gasteiger partial charge in [0.2, 0.25) is 0 Å². The van der Waals surface area contributed by atoms with Gasteiger partial charge in [-0.25, -0.2) is 4.98 Å². The summed E-state index contributed by atoms with van der Waals surface area (Å²) in [4.78, 5) is 4.19. The fraction of sp³-hybridized carbons (Fsp3) is 0.455. The molecular formula is C11H17N5. The second-order valence-corrected chi connectivity index (χ2v) is 3.83. The molecule has 0 spiro atoms. The average Bonchev–Trinajstić information content (AvgIpc) is 2.87. The number of aromatic nitrogens is 4. The van der Waals surface area contributed by atoms with Crippen molar-refractivity contribution in [1.82, 2.24) is 24.6 Å². The molecule has 0 saturated carbocycles. The molecule has 0 aliphatic rings. The number of imidazole rings is 1. The summed E-state index contributed by atoms with van der Waals surface area (Å²) in [6.07, 6.45) is 8.73. The fourth-order valence-electron chi connectivity index (χ4n) is 1.72. The predicted octanol–water partition coefficient (Wildman–Crippen LogP) is 0.893. The maximum atomic E-state index is 4.19. The number of nitrogens with zero attached hydrogens (tertiary/aromatic N) is 4. The highest BCUT2D eigenvalue weighted by Crippen LogP contribution is 2.17. The highest BCUT2D eigenvalue weighted by Gasteiger charge is 2.06. The summed E-state index contributed by atoms with van der Waals surface area (Å²) in [6.45, 7) is 2.00. The van der Waals surface area contributed by atoms with Crippen LogP contribution >= 0.6 is 0 Å². The van der Waals surface area contributed by atoms with Crippen LogP contribution in [0, 0.1) is 0 Å². The summed E-state index contributed by atoms with van der Waals surface area (Å²) < 4.78 is 3.97. The van der Waals surface area contributed by atoms with Crippen LogP contribution in [0.15, 0.2) is 24.9 Å². The lowest BCUT2D eigenvalue weighted by Gasteiger charge is -2.05. The number of hydrogen-bond donors (Lipinski definition) is 1. The third-order valence-corrected chi connectivity index (χ3v) is 2.54. The van der Waals surface area contributed by atoms with Gasteiger partial charge in [0.15, 0.2) is 0 Å². The molecule has 86 valence electrons. The second-order valence-electron chi connectivity index (χ2n) is 3.83. The van der Waals surface area contributed by atoms with Crippen LogP contribution < -0.4 is 5.32 Å². The Morgan fingerprint density at radius 3 is 2.94 bits per heavy atom. The largest absolute Gasteiger partial charge is 0.330 e. The zero-order valence-electron chi connectivity index (χ0n) is 9.72. The lowest BCUT2D eigenvalue weighted by atomic mass is 10.2. The van der Waals surface area contributed by atoms with E-state index in [0.717, 1.165) is 30.8 Å². The molecule has 2 rings (SSSR count). The second kappa shape index (κ2) is 4.94. The van der Waals surface area contributed by atoms with Gasteiger partial charge < -0.3 is 9.88 Å². The molecule has 2 aromatic rings. The Morgan fingerprint density at radius 2 is 2.25 bits per heavy atom. The van der Waals surface area contributed by atoms with Gasteiger partial charge in [-0.05, 0) is 20.0 Å². The molecule has 2 heterocycles. The van der Waals surface area contributed by atoms with Crippen molar-refractivity contribution >= 4 is 0 Å². The summed E-state index contributed by atoms with van der Waals surface area (Å²) in [6, 6.07) is 0. The normalized spacial score (nSPS) is 10.9. The Kier molecular flexibility index (Phi) is 3.36. The average molecular weight is 219 g/mol. The minimum absolute atomic E-state index is 0.977. The standard InChI is InChI=1S/C11H17N5/c1-12-4-3-5-16-9-13-7-11(16)10-6-14-15(2)8-10/h6-9,12H,3-5H2,1-2H3. The molecule has 0 aliphatic heterocycles. The van der Waals surface area contributed by atoms with Crippen LogP contribution in [0.2, 0.25) is 0 Å². The van der Waals surface area contributed by atoms with Crippen LogP contribution in [0.25, 0.3) is 11.3 Å². The molecule has 2 aromatic heterocycles. The lowest BCUT2D eigenvalue weighted by molar-refractivity contribution is 0.616. The summed E-state index contributed by atoms with van der Waals surface area (Å²) in [5, 5.41) is 7.32. The Labute approximate surface area is 95.1 Å². The number of aryl methyl sites for hydroxylation is 2. The molecule has 5 heteroatoms. The van der Waals surface area contributed by atoms with Crippen molar-refractivity contribution in [3.8, 4) is 11.3 Å². The van der Waals surface area contributed by atoms with Crippen molar-refractivity contribution in [1.29, 1.82) is 0 Å². The van der Waals surface area contributed by atoms with E-state index in [9.17, 15) is 0 Å². The van der Waals surface area contributed by atoms with Crippen LogP contribution in [-0.2, 0) is 13.6 Å². The Hall–Kier alpha value is -1.62. The molecule has 0 fully saturated rings. The molecule has 0 bridgehead atoms. The molecule has 0 saturated heterocycles. The van der Waals surface area contributed by atoms with Gasteiger partial charge in [0, 0.05) is 25.4 Å². The predicted molar refractivity (Wildman–Crippen MR) is 63.0 cm³/mol. The number of hydrogen-bond acceptors (Lipinski definition) is 3. The third-order valence-electron chi connectivity index (χ3n) is 2.54. The van der Waals surface area contributed by atoms with Crippen molar-refractivity contribution in [2.45, 2.75) is 13.0 Å². The zero-order valence-corrected chi connectivity index (χ0v) is 9.72. The molecular weight excluding hydrogens is 202 g/mol. The summed E-state index contributed by atoms with van der Waals surface area (Å²) in [5.74, 6) is 0. The van der Waals surface area contributed by atoms with Crippen LogP contribution in [0.5, 0.6) is 0 Å². The lowest BCUT2D eigenvalue weighted by Crippen LogP contribution is -2.11. The van der Waals surface area contributed by atoms with Gasteiger partial charge in [0.05, 0.1) is 24.4 Å². The van der Waals surface area contributed by atoms with Gasteiger partial charge in [0.25, 0.3) is 0 Å². The monoisotopic (exact) mass is 219 g/mol. The molecule has 0 atom stereocenters. The quantitative estimate of drug-likeness (QED) is 0.760. The molecule has 0 radical (unpaired) electrons. The van der Waals surface area contributed by atoms with Crippen molar-refractivity contribution < 1.29 is 0 Å². The van der Waals surface area contributed by atoms with E-state index in [0.29, 0.717) is 0 Å². The molecule has 1 N–H and O–H groups in total. The van der Waals surface area contributed by atoms with Gasteiger partial charge >= 0.3 is 0 Å². The SMILES string of the molecule is CNCCCn1cncc1-c1cnn(C)c1. The Balaban J connectivity index is 2.12. The van der Waals surface area contributed by atoms with Crippen molar-refractivity contribution in [3.05, 3.63) is 24.9 Å². The number of rotatable bonds is 5. The van der Waals surface area contributed by atoms with Gasteiger partial charge in [-0.3, -0.25) is 4.68 Å². The number of nitrogens with one attached hydrogen (secondary N) is 1. The van der Waals surface area contributed by atoms with E-state index in [-0.39, 0.29) is 0 Å². The van der Waals surface area contributed by atoms with E-state index >= 15 is 0 Å². The van der Waals surface area contributed by atoms with Crippen molar-refractivity contribution in [2.75, 3.05) is 13.6 Å². The first-order valence-electron chi connectivity index (χ1n) is 5.45. The first kappa shape index (κ1) is 10.9. The van der Waals surface area contributed by atoms with Crippen LogP contribution in [-0.4, -0.2) is 32.9 Å². The third kappa shape index (κ3) is 2.30. The van der Waals surface area contributed by atoms with E-state index in [1.807, 2.05) is 39.0 Å². The molecule has 16 heavy (non-hydrogen) atoms. The Bertz CT molecular complexity index is 443. The van der Waals surface area contributed by atoms with Crippen molar-refractivity contribution in [3.63, 3.8) is 0 Å². The van der Waals surface area contributed by atoms with E-state index in [2.05, 4.69) is 20.0 Å². The highest BCUT2D eigenvalue weighted by atomic mass is 15.2. The Morgan fingerprint density at radius 1 is 1.38 bits per heavy atom. The first-order valence-corrected chi connectivity index (χ1v) is 5.45. The molecule has 0 aromatic carbocycles. The van der Waals surface area contributed by atoms with Gasteiger partial charge in [-0.15, -0.1) is 0 Å². The maximum absolute atomic E-state index is 4.19. The van der Waals surface area contributed by atoms with E-state index in [4.69, 9.17) is 0 Å². The van der Waals surface area contributed by atoms with E-state index < -0.39 is 0 Å². The maximum Gasteiger partial charge on any atom is 0.0950 e. The highest BCUT2D eigenvalue weighted by molar-refractivity contribution is 5.56. The topological polar surface area (TPSA) is 47.7 Å². The minimum Gasteiger partial charge on any atom is -0.330 e. The minimum atomic E-state index is 0.977. The summed E-state index contributed by atoms with van der Waals surface area (Å²) >= 11 is 0. The summed E-state index contributed by atoms with van der Waals surface area (Å²) in [7, 11) is 3.89. The van der Waals surface area contributed by atoms with Crippen LogP contribution in [0.4, 0.5) is 0 Å². The van der Waals surface area contributed by atoms with Crippen LogP contribution in [0.3, 0.4) is 0 Å².